The predicted molar refractivity (Wildman–Crippen MR) is 21.5 cm³/mol. The lowest BCUT2D eigenvalue weighted by atomic mass is 11.6. The van der Waals surface area contributed by atoms with E-state index in [1.165, 1.54) is 0 Å². The average Bonchev–Trinajstić information content (AvgIpc) is 1.61. The summed E-state index contributed by atoms with van der Waals surface area (Å²) in [6, 6.07) is 0. The lowest BCUT2D eigenvalue weighted by Crippen LogP contribution is -1.79. The van der Waals surface area contributed by atoms with Gasteiger partial charge in [-0.15, -0.1) is 0 Å². The molecule has 0 aromatic carbocycles. The van der Waals surface area contributed by atoms with Crippen molar-refractivity contribution in [2.45, 2.75) is 0 Å². The molecule has 0 heterocycles. The largest absolute Gasteiger partial charge is 0.415 e. The van der Waals surface area contributed by atoms with Gasteiger partial charge in [-0.25, -0.2) is 4.79 Å². The van der Waals surface area contributed by atoms with Gasteiger partial charge in [-0.1, -0.05) is 0 Å². The van der Waals surface area contributed by atoms with Gasteiger partial charge in [0.25, 0.3) is 0 Å². The lowest BCUT2D eigenvalue weighted by molar-refractivity contribution is 0.176. The summed E-state index contributed by atoms with van der Waals surface area (Å²) in [6.45, 7) is 0. The highest BCUT2D eigenvalue weighted by atomic mass is 35.5. The summed E-state index contributed by atoms with van der Waals surface area (Å²) in [5.41, 5.74) is 6.30. The molecule has 0 aliphatic carbocycles. The second-order valence-corrected chi connectivity index (χ2v) is 0.809. The van der Waals surface area contributed by atoms with E-state index in [2.05, 4.69) is 26.6 Å². The third kappa shape index (κ3) is 5.07. The van der Waals surface area contributed by atoms with Crippen LogP contribution in [-0.2, 0) is 4.84 Å². The van der Waals surface area contributed by atoms with Crippen LogP contribution in [0.3, 0.4) is 0 Å². The molecule has 0 amide bonds. The number of hydrogen-bond acceptors (Lipinski definition) is 3. The first-order valence-electron chi connectivity index (χ1n) is 1.18. The van der Waals surface area contributed by atoms with Crippen molar-refractivity contribution in [1.29, 1.82) is 0 Å². The molecule has 0 aromatic rings. The van der Waals surface area contributed by atoms with Gasteiger partial charge in [0.1, 0.15) is 5.28 Å². The molecule has 0 rings (SSSR count). The fraction of sp³-hybridized carbons (Fsp3) is 0. The Balaban J connectivity index is 3.32. The Morgan fingerprint density at radius 2 is 2.57 bits per heavy atom. The van der Waals surface area contributed by atoms with Gasteiger partial charge in [-0.3, -0.25) is 0 Å². The van der Waals surface area contributed by atoms with Crippen LogP contribution in [0.4, 0.5) is 4.79 Å². The summed E-state index contributed by atoms with van der Waals surface area (Å²) < 4.78 is 0. The minimum Gasteiger partial charge on any atom is -0.346 e. The average molecular weight is 121 g/mol. The molecule has 0 N–H and O–H groups in total. The van der Waals surface area contributed by atoms with Gasteiger partial charge in [-0.05, 0) is 5.53 Å². The Kier molecular flexibility index (Phi) is 2.83. The summed E-state index contributed by atoms with van der Waals surface area (Å²) >= 11 is 4.53. The van der Waals surface area contributed by atoms with Crippen LogP contribution in [0, 0.1) is 0 Å². The van der Waals surface area contributed by atoms with E-state index in [1.54, 1.807) is 0 Å². The zero-order valence-corrected chi connectivity index (χ0v) is 3.79. The third-order valence-corrected chi connectivity index (χ3v) is 0.218. The molecule has 0 unspecified atom stereocenters. The van der Waals surface area contributed by atoms with Crippen LogP contribution in [0.1, 0.15) is 0 Å². The quantitative estimate of drug-likeness (QED) is 0.174. The maximum Gasteiger partial charge on any atom is 0.415 e. The monoisotopic (exact) mass is 121 g/mol. The van der Waals surface area contributed by atoms with Crippen molar-refractivity contribution in [3.8, 4) is 0 Å². The van der Waals surface area contributed by atoms with E-state index in [4.69, 9.17) is 5.53 Å². The topological polar surface area (TPSA) is 75.1 Å². The number of halogens is 1. The van der Waals surface area contributed by atoms with E-state index in [-0.39, 0.29) is 0 Å². The number of rotatable bonds is 1. The van der Waals surface area contributed by atoms with Gasteiger partial charge in [0.2, 0.25) is 0 Å². The Morgan fingerprint density at radius 3 is 2.71 bits per heavy atom. The fourth-order valence-electron chi connectivity index (χ4n) is 0.0504. The van der Waals surface area contributed by atoms with E-state index in [9.17, 15) is 4.79 Å². The zero-order chi connectivity index (χ0) is 5.70. The minimum absolute atomic E-state index is 1.14. The molecule has 0 radical (unpaired) electrons. The standard InChI is InChI=1S/CClN3O2/c2-1(6)7-5-4-3. The van der Waals surface area contributed by atoms with Crippen LogP contribution in [0.5, 0.6) is 0 Å². The molecule has 0 bridgehead atoms. The van der Waals surface area contributed by atoms with Gasteiger partial charge in [0.05, 0.1) is 0 Å². The van der Waals surface area contributed by atoms with E-state index in [0.29, 0.717) is 0 Å². The summed E-state index contributed by atoms with van der Waals surface area (Å²) in [4.78, 5) is 15.1. The number of azide groups is 1. The highest BCUT2D eigenvalue weighted by molar-refractivity contribution is 6.61. The summed E-state index contributed by atoms with van der Waals surface area (Å²) in [6.07, 6.45) is 0. The first-order valence-corrected chi connectivity index (χ1v) is 1.56. The molecule has 5 nitrogen and oxygen atoms in total. The first-order chi connectivity index (χ1) is 3.27. The molecule has 0 saturated carbocycles. The maximum atomic E-state index is 9.48. The predicted octanol–water partition coefficient (Wildman–Crippen LogP) is 1.59. The molecule has 0 spiro atoms. The maximum absolute atomic E-state index is 9.48. The third-order valence-electron chi connectivity index (χ3n) is 0.149. The fourth-order valence-corrected chi connectivity index (χ4v) is 0.0812. The second kappa shape index (κ2) is 3.27. The van der Waals surface area contributed by atoms with Crippen LogP contribution in [0.2, 0.25) is 0 Å². The summed E-state index contributed by atoms with van der Waals surface area (Å²) in [5, 5.41) is 2.37. The van der Waals surface area contributed by atoms with Gasteiger partial charge in [-0.2, -0.15) is 0 Å². The molecule has 0 aliphatic heterocycles. The molecular formula is CClN3O2. The highest BCUT2D eigenvalue weighted by Crippen LogP contribution is 1.85. The van der Waals surface area contributed by atoms with E-state index < -0.39 is 5.43 Å². The highest BCUT2D eigenvalue weighted by Gasteiger charge is 1.86. The SMILES string of the molecule is [N-]=[N+]=NOC(=O)Cl. The van der Waals surface area contributed by atoms with Gasteiger partial charge < -0.3 is 4.84 Å². The van der Waals surface area contributed by atoms with Crippen molar-refractivity contribution in [1.82, 2.24) is 0 Å². The minimum atomic E-state index is -1.14. The number of nitrogens with zero attached hydrogens (tertiary/aromatic N) is 3. The van der Waals surface area contributed by atoms with E-state index in [1.807, 2.05) is 0 Å². The molecule has 0 fully saturated rings. The van der Waals surface area contributed by atoms with Crippen molar-refractivity contribution in [3.05, 3.63) is 10.4 Å². The Morgan fingerprint density at radius 1 is 2.00 bits per heavy atom. The van der Waals surface area contributed by atoms with Crippen LogP contribution in [-0.4, -0.2) is 5.43 Å². The normalized spacial score (nSPS) is 6.43. The zero-order valence-electron chi connectivity index (χ0n) is 3.04. The van der Waals surface area contributed by atoms with Gasteiger partial charge >= 0.3 is 5.43 Å². The molecule has 6 heteroatoms. The van der Waals surface area contributed by atoms with E-state index >= 15 is 0 Å². The molecule has 7 heavy (non-hydrogen) atoms. The van der Waals surface area contributed by atoms with Crippen molar-refractivity contribution >= 4 is 17.0 Å². The number of hydrogen-bond donors (Lipinski definition) is 0. The molecule has 0 saturated heterocycles. The van der Waals surface area contributed by atoms with Crippen LogP contribution < -0.4 is 0 Å². The van der Waals surface area contributed by atoms with Crippen LogP contribution >= 0.6 is 11.6 Å². The van der Waals surface area contributed by atoms with Gasteiger partial charge in [0.15, 0.2) is 0 Å². The molecule has 0 aliphatic rings. The first kappa shape index (κ1) is 6.07. The van der Waals surface area contributed by atoms with Crippen LogP contribution in [0.15, 0.2) is 5.28 Å². The Labute approximate surface area is 43.4 Å². The molecular weight excluding hydrogens is 121 g/mol. The van der Waals surface area contributed by atoms with E-state index in [0.717, 1.165) is 0 Å². The number of carbonyl (C=O) groups excluding carboxylic acids is 1. The van der Waals surface area contributed by atoms with Crippen LogP contribution in [0.25, 0.3) is 10.4 Å². The second-order valence-electron chi connectivity index (χ2n) is 0.500. The van der Waals surface area contributed by atoms with Crippen molar-refractivity contribution in [3.63, 3.8) is 0 Å². The molecule has 0 atom stereocenters. The number of carbonyl (C=O) groups is 1. The van der Waals surface area contributed by atoms with Crippen molar-refractivity contribution in [2.75, 3.05) is 0 Å². The Bertz CT molecular complexity index is 116. The summed E-state index contributed by atoms with van der Waals surface area (Å²) in [5.74, 6) is 0. The smallest absolute Gasteiger partial charge is 0.346 e. The Hall–Kier alpha value is -0.930. The molecule has 0 aromatic heterocycles. The summed E-state index contributed by atoms with van der Waals surface area (Å²) in [7, 11) is 0. The lowest BCUT2D eigenvalue weighted by Gasteiger charge is -1.76. The van der Waals surface area contributed by atoms with Gasteiger partial charge in [0, 0.05) is 16.5 Å². The molecule has 38 valence electrons. The van der Waals surface area contributed by atoms with Crippen molar-refractivity contribution in [2.24, 2.45) is 5.28 Å². The van der Waals surface area contributed by atoms with Crippen molar-refractivity contribution < 1.29 is 9.63 Å².